The molecule has 1 heterocycles. The molecule has 0 radical (unpaired) electrons. The largest absolute Gasteiger partial charge is 0.326 e. The quantitative estimate of drug-likeness (QED) is 0.854. The number of aromatic nitrogens is 1. The summed E-state index contributed by atoms with van der Waals surface area (Å²) in [5.41, 5.74) is 4.38. The van der Waals surface area contributed by atoms with Crippen LogP contribution < -0.4 is 5.32 Å². The summed E-state index contributed by atoms with van der Waals surface area (Å²) in [6, 6.07) is 11.9. The highest BCUT2D eigenvalue weighted by Gasteiger charge is 2.06. The summed E-state index contributed by atoms with van der Waals surface area (Å²) in [6.07, 6.45) is 3.20. The predicted octanol–water partition coefficient (Wildman–Crippen LogP) is 3.20. The lowest BCUT2D eigenvalue weighted by Crippen LogP contribution is -2.26. The summed E-state index contributed by atoms with van der Waals surface area (Å²) < 4.78 is 0. The van der Waals surface area contributed by atoms with Gasteiger partial charge in [-0.1, -0.05) is 12.1 Å². The minimum atomic E-state index is 0.0536. The number of amides is 1. The Morgan fingerprint density at radius 1 is 1.13 bits per heavy atom. The third kappa shape index (κ3) is 5.83. The fraction of sp³-hybridized carbons (Fsp3) is 0.368. The average molecular weight is 311 g/mol. The van der Waals surface area contributed by atoms with Crippen molar-refractivity contribution in [2.75, 3.05) is 25.5 Å². The molecule has 2 rings (SSSR count). The normalized spacial score (nSPS) is 10.8. The molecule has 4 nitrogen and oxygen atoms in total. The maximum absolute atomic E-state index is 12.0. The third-order valence-corrected chi connectivity index (χ3v) is 3.99. The van der Waals surface area contributed by atoms with Crippen LogP contribution in [0.5, 0.6) is 0 Å². The second-order valence-corrected chi connectivity index (χ2v) is 5.97. The molecule has 0 saturated heterocycles. The van der Waals surface area contributed by atoms with Crippen molar-refractivity contribution in [3.8, 4) is 0 Å². The van der Waals surface area contributed by atoms with E-state index in [4.69, 9.17) is 0 Å². The van der Waals surface area contributed by atoms with Gasteiger partial charge in [-0.05, 0) is 56.3 Å². The Morgan fingerprint density at radius 2 is 1.96 bits per heavy atom. The average Bonchev–Trinajstić information content (AvgIpc) is 2.55. The first-order valence-corrected chi connectivity index (χ1v) is 8.00. The van der Waals surface area contributed by atoms with Crippen LogP contribution in [-0.2, 0) is 11.2 Å². The molecule has 0 spiro atoms. The second-order valence-electron chi connectivity index (χ2n) is 5.97. The van der Waals surface area contributed by atoms with Crippen molar-refractivity contribution in [2.45, 2.75) is 26.7 Å². The van der Waals surface area contributed by atoms with Crippen molar-refractivity contribution in [3.63, 3.8) is 0 Å². The molecule has 1 N–H and O–H groups in total. The first-order valence-electron chi connectivity index (χ1n) is 8.00. The Kier molecular flexibility index (Phi) is 6.29. The van der Waals surface area contributed by atoms with Gasteiger partial charge in [0, 0.05) is 43.5 Å². The number of nitrogens with one attached hydrogen (secondary N) is 1. The fourth-order valence-electron chi connectivity index (χ4n) is 2.30. The molecule has 0 aliphatic carbocycles. The van der Waals surface area contributed by atoms with Gasteiger partial charge in [-0.25, -0.2) is 0 Å². The highest BCUT2D eigenvalue weighted by atomic mass is 16.1. The minimum absolute atomic E-state index is 0.0536. The lowest BCUT2D eigenvalue weighted by atomic mass is 10.1. The van der Waals surface area contributed by atoms with Gasteiger partial charge in [0.05, 0.1) is 0 Å². The Bertz CT molecular complexity index is 640. The van der Waals surface area contributed by atoms with Gasteiger partial charge in [0.1, 0.15) is 0 Å². The zero-order valence-electron chi connectivity index (χ0n) is 14.2. The molecule has 2 aromatic rings. The van der Waals surface area contributed by atoms with Gasteiger partial charge in [0.15, 0.2) is 0 Å². The number of likely N-dealkylation sites (N-methyl/N-ethyl adjacent to an activating group) is 1. The van der Waals surface area contributed by atoms with E-state index in [0.29, 0.717) is 6.42 Å². The first-order chi connectivity index (χ1) is 11.0. The number of carbonyl (C=O) groups is 1. The number of nitrogens with zero attached hydrogens (tertiary/aromatic N) is 2. The Labute approximate surface area is 138 Å². The molecule has 0 unspecified atom stereocenters. The Morgan fingerprint density at radius 3 is 2.65 bits per heavy atom. The summed E-state index contributed by atoms with van der Waals surface area (Å²) in [5, 5.41) is 2.96. The summed E-state index contributed by atoms with van der Waals surface area (Å²) >= 11 is 0. The van der Waals surface area contributed by atoms with Gasteiger partial charge in [-0.15, -0.1) is 0 Å². The molecule has 1 aromatic carbocycles. The van der Waals surface area contributed by atoms with E-state index in [9.17, 15) is 4.79 Å². The minimum Gasteiger partial charge on any atom is -0.326 e. The van der Waals surface area contributed by atoms with E-state index in [1.54, 1.807) is 0 Å². The summed E-state index contributed by atoms with van der Waals surface area (Å²) in [6.45, 7) is 5.76. The molecule has 1 aromatic heterocycles. The fourth-order valence-corrected chi connectivity index (χ4v) is 2.30. The number of aryl methyl sites for hydroxylation is 2. The lowest BCUT2D eigenvalue weighted by molar-refractivity contribution is -0.116. The second kappa shape index (κ2) is 8.44. The summed E-state index contributed by atoms with van der Waals surface area (Å²) in [7, 11) is 2.03. The zero-order chi connectivity index (χ0) is 16.7. The van der Waals surface area contributed by atoms with Crippen molar-refractivity contribution in [1.29, 1.82) is 0 Å². The van der Waals surface area contributed by atoms with Crippen LogP contribution in [0.2, 0.25) is 0 Å². The number of hydrogen-bond donors (Lipinski definition) is 1. The Balaban J connectivity index is 1.72. The molecular weight excluding hydrogens is 286 g/mol. The SMILES string of the molecule is Cc1ccc(NC(=O)CCN(C)CCc2ccccn2)cc1C. The van der Waals surface area contributed by atoms with Crippen LogP contribution in [0.1, 0.15) is 23.2 Å². The molecule has 0 aliphatic rings. The van der Waals surface area contributed by atoms with E-state index in [1.165, 1.54) is 11.1 Å². The molecule has 0 aliphatic heterocycles. The molecule has 23 heavy (non-hydrogen) atoms. The molecule has 0 fully saturated rings. The molecule has 4 heteroatoms. The van der Waals surface area contributed by atoms with Crippen molar-refractivity contribution >= 4 is 11.6 Å². The van der Waals surface area contributed by atoms with Gasteiger partial charge in [0.2, 0.25) is 5.91 Å². The highest BCUT2D eigenvalue weighted by Crippen LogP contribution is 2.14. The standard InChI is InChI=1S/C19H25N3O/c1-15-7-8-18(14-16(15)2)21-19(23)10-13-22(3)12-9-17-6-4-5-11-20-17/h4-8,11,14H,9-10,12-13H2,1-3H3,(H,21,23). The Hall–Kier alpha value is -2.20. The highest BCUT2D eigenvalue weighted by molar-refractivity contribution is 5.90. The molecule has 0 saturated carbocycles. The number of benzene rings is 1. The molecule has 122 valence electrons. The monoisotopic (exact) mass is 311 g/mol. The van der Waals surface area contributed by atoms with Crippen LogP contribution in [0, 0.1) is 13.8 Å². The van der Waals surface area contributed by atoms with Crippen LogP contribution in [0.15, 0.2) is 42.6 Å². The van der Waals surface area contributed by atoms with Crippen molar-refractivity contribution in [2.24, 2.45) is 0 Å². The maximum Gasteiger partial charge on any atom is 0.225 e. The number of pyridine rings is 1. The van der Waals surface area contributed by atoms with E-state index < -0.39 is 0 Å². The maximum atomic E-state index is 12.0. The van der Waals surface area contributed by atoms with E-state index in [2.05, 4.69) is 29.0 Å². The molecule has 1 amide bonds. The zero-order valence-corrected chi connectivity index (χ0v) is 14.2. The lowest BCUT2D eigenvalue weighted by Gasteiger charge is -2.16. The number of rotatable bonds is 7. The molecular formula is C19H25N3O. The van der Waals surface area contributed by atoms with E-state index in [0.717, 1.165) is 30.9 Å². The van der Waals surface area contributed by atoms with Gasteiger partial charge < -0.3 is 10.2 Å². The number of anilines is 1. The van der Waals surface area contributed by atoms with Gasteiger partial charge in [-0.3, -0.25) is 9.78 Å². The topological polar surface area (TPSA) is 45.2 Å². The van der Waals surface area contributed by atoms with E-state index >= 15 is 0 Å². The van der Waals surface area contributed by atoms with Gasteiger partial charge in [-0.2, -0.15) is 0 Å². The van der Waals surface area contributed by atoms with Crippen molar-refractivity contribution in [3.05, 3.63) is 59.4 Å². The predicted molar refractivity (Wildman–Crippen MR) is 94.6 cm³/mol. The van der Waals surface area contributed by atoms with E-state index in [-0.39, 0.29) is 5.91 Å². The van der Waals surface area contributed by atoms with Crippen LogP contribution in [0.4, 0.5) is 5.69 Å². The molecule has 0 atom stereocenters. The van der Waals surface area contributed by atoms with Gasteiger partial charge in [0.25, 0.3) is 0 Å². The van der Waals surface area contributed by atoms with Crippen LogP contribution in [0.3, 0.4) is 0 Å². The van der Waals surface area contributed by atoms with Crippen LogP contribution in [-0.4, -0.2) is 35.9 Å². The van der Waals surface area contributed by atoms with Crippen LogP contribution in [0.25, 0.3) is 0 Å². The smallest absolute Gasteiger partial charge is 0.225 e. The summed E-state index contributed by atoms with van der Waals surface area (Å²) in [5.74, 6) is 0.0536. The van der Waals surface area contributed by atoms with Crippen LogP contribution >= 0.6 is 0 Å². The third-order valence-electron chi connectivity index (χ3n) is 3.99. The van der Waals surface area contributed by atoms with E-state index in [1.807, 2.05) is 49.6 Å². The van der Waals surface area contributed by atoms with Gasteiger partial charge >= 0.3 is 0 Å². The number of carbonyl (C=O) groups excluding carboxylic acids is 1. The molecule has 0 bridgehead atoms. The summed E-state index contributed by atoms with van der Waals surface area (Å²) in [4.78, 5) is 18.5. The number of hydrogen-bond acceptors (Lipinski definition) is 3. The van der Waals surface area contributed by atoms with Crippen molar-refractivity contribution in [1.82, 2.24) is 9.88 Å². The first kappa shape index (κ1) is 17.2. The van der Waals surface area contributed by atoms with Crippen molar-refractivity contribution < 1.29 is 4.79 Å².